The van der Waals surface area contributed by atoms with Crippen molar-refractivity contribution in [2.45, 2.75) is 12.1 Å². The molecular weight excluding hydrogens is 329 g/mol. The van der Waals surface area contributed by atoms with E-state index in [0.717, 1.165) is 11.8 Å². The van der Waals surface area contributed by atoms with E-state index in [1.807, 2.05) is 0 Å². The average molecular weight is 343 g/mol. The standard InChI is InChI=1S/C17H14FN3O2S/c1-10-6-7-11(8-13(10)18)19-15(22)9-24-17-20-14-5-3-2-4-12(14)16(23)21-17/h2-8H,9H2,1H3,(H,19,22)(H,20,21,23). The lowest BCUT2D eigenvalue weighted by molar-refractivity contribution is -0.113. The van der Waals surface area contributed by atoms with Crippen molar-refractivity contribution < 1.29 is 9.18 Å². The fraction of sp³-hybridized carbons (Fsp3) is 0.118. The number of nitrogens with zero attached hydrogens (tertiary/aromatic N) is 1. The molecule has 0 radical (unpaired) electrons. The summed E-state index contributed by atoms with van der Waals surface area (Å²) in [5.41, 5.74) is 1.23. The second-order valence-electron chi connectivity index (χ2n) is 5.19. The van der Waals surface area contributed by atoms with Gasteiger partial charge in [-0.1, -0.05) is 30.0 Å². The van der Waals surface area contributed by atoms with Crippen LogP contribution in [0.15, 0.2) is 52.4 Å². The van der Waals surface area contributed by atoms with Gasteiger partial charge in [-0.05, 0) is 36.8 Å². The van der Waals surface area contributed by atoms with Gasteiger partial charge in [-0.3, -0.25) is 9.59 Å². The Bertz CT molecular complexity index is 971. The first-order valence-corrected chi connectivity index (χ1v) is 8.19. The number of thioether (sulfide) groups is 1. The number of nitrogens with one attached hydrogen (secondary N) is 2. The molecule has 1 heterocycles. The van der Waals surface area contributed by atoms with E-state index in [1.54, 1.807) is 43.3 Å². The number of anilines is 1. The van der Waals surface area contributed by atoms with E-state index in [2.05, 4.69) is 15.3 Å². The summed E-state index contributed by atoms with van der Waals surface area (Å²) in [7, 11) is 0. The highest BCUT2D eigenvalue weighted by Gasteiger charge is 2.08. The molecule has 0 aliphatic heterocycles. The Kier molecular flexibility index (Phi) is 4.61. The van der Waals surface area contributed by atoms with E-state index in [-0.39, 0.29) is 23.0 Å². The number of aromatic nitrogens is 2. The maximum atomic E-state index is 13.5. The second-order valence-corrected chi connectivity index (χ2v) is 6.15. The fourth-order valence-corrected chi connectivity index (χ4v) is 2.80. The number of hydrogen-bond donors (Lipinski definition) is 2. The van der Waals surface area contributed by atoms with Crippen LogP contribution in [-0.4, -0.2) is 21.6 Å². The van der Waals surface area contributed by atoms with E-state index >= 15 is 0 Å². The highest BCUT2D eigenvalue weighted by molar-refractivity contribution is 7.99. The van der Waals surface area contributed by atoms with E-state index in [9.17, 15) is 14.0 Å². The molecule has 0 unspecified atom stereocenters. The topological polar surface area (TPSA) is 74.8 Å². The normalized spacial score (nSPS) is 10.8. The molecule has 7 heteroatoms. The van der Waals surface area contributed by atoms with Crippen molar-refractivity contribution in [1.82, 2.24) is 9.97 Å². The molecule has 2 N–H and O–H groups in total. The number of rotatable bonds is 4. The minimum absolute atomic E-state index is 0.0524. The smallest absolute Gasteiger partial charge is 0.259 e. The van der Waals surface area contributed by atoms with Crippen LogP contribution in [0.5, 0.6) is 0 Å². The molecule has 0 atom stereocenters. The summed E-state index contributed by atoms with van der Waals surface area (Å²) in [6.45, 7) is 1.65. The van der Waals surface area contributed by atoms with Gasteiger partial charge in [0.2, 0.25) is 5.91 Å². The molecule has 0 aliphatic rings. The zero-order valence-corrected chi connectivity index (χ0v) is 13.6. The van der Waals surface area contributed by atoms with Gasteiger partial charge >= 0.3 is 0 Å². The Morgan fingerprint density at radius 2 is 2.08 bits per heavy atom. The number of amides is 1. The lowest BCUT2D eigenvalue weighted by atomic mass is 10.2. The van der Waals surface area contributed by atoms with Crippen molar-refractivity contribution in [2.75, 3.05) is 11.1 Å². The zero-order valence-electron chi connectivity index (χ0n) is 12.8. The number of hydrogen-bond acceptors (Lipinski definition) is 4. The van der Waals surface area contributed by atoms with Crippen molar-refractivity contribution in [3.05, 3.63) is 64.2 Å². The lowest BCUT2D eigenvalue weighted by Crippen LogP contribution is -2.15. The molecule has 0 saturated heterocycles. The summed E-state index contributed by atoms with van der Waals surface area (Å²) in [6, 6.07) is 11.5. The molecular formula is C17H14FN3O2S. The predicted octanol–water partition coefficient (Wildman–Crippen LogP) is 3.10. The molecule has 0 bridgehead atoms. The van der Waals surface area contributed by atoms with Crippen LogP contribution in [0.25, 0.3) is 10.9 Å². The van der Waals surface area contributed by atoms with Gasteiger partial charge in [0.1, 0.15) is 5.82 Å². The minimum Gasteiger partial charge on any atom is -0.325 e. The molecule has 0 fully saturated rings. The number of fused-ring (bicyclic) bond motifs is 1. The van der Waals surface area contributed by atoms with Crippen LogP contribution < -0.4 is 10.9 Å². The molecule has 0 aliphatic carbocycles. The van der Waals surface area contributed by atoms with Gasteiger partial charge in [-0.15, -0.1) is 0 Å². The minimum atomic E-state index is -0.374. The second kappa shape index (κ2) is 6.84. The number of halogens is 1. The Morgan fingerprint density at radius 3 is 2.88 bits per heavy atom. The summed E-state index contributed by atoms with van der Waals surface area (Å²) in [6.07, 6.45) is 0. The molecule has 1 amide bonds. The molecule has 2 aromatic carbocycles. The molecule has 0 spiro atoms. The van der Waals surface area contributed by atoms with Gasteiger partial charge in [0.05, 0.1) is 16.7 Å². The number of carbonyl (C=O) groups excluding carboxylic acids is 1. The van der Waals surface area contributed by atoms with E-state index < -0.39 is 0 Å². The van der Waals surface area contributed by atoms with Gasteiger partial charge in [0.25, 0.3) is 5.56 Å². The van der Waals surface area contributed by atoms with Crippen molar-refractivity contribution in [3.63, 3.8) is 0 Å². The van der Waals surface area contributed by atoms with Gasteiger partial charge in [-0.25, -0.2) is 9.37 Å². The van der Waals surface area contributed by atoms with Crippen LogP contribution >= 0.6 is 11.8 Å². The number of para-hydroxylation sites is 1. The monoisotopic (exact) mass is 343 g/mol. The Morgan fingerprint density at radius 1 is 1.29 bits per heavy atom. The largest absolute Gasteiger partial charge is 0.325 e. The van der Waals surface area contributed by atoms with Gasteiger partial charge in [0, 0.05) is 5.69 Å². The van der Waals surface area contributed by atoms with Gasteiger partial charge in [0.15, 0.2) is 5.16 Å². The average Bonchev–Trinajstić information content (AvgIpc) is 2.56. The Balaban J connectivity index is 1.68. The molecule has 3 aromatic rings. The van der Waals surface area contributed by atoms with Crippen molar-refractivity contribution >= 4 is 34.3 Å². The highest BCUT2D eigenvalue weighted by Crippen LogP contribution is 2.17. The number of aryl methyl sites for hydroxylation is 1. The Hall–Kier alpha value is -2.67. The summed E-state index contributed by atoms with van der Waals surface area (Å²) in [4.78, 5) is 30.9. The predicted molar refractivity (Wildman–Crippen MR) is 92.9 cm³/mol. The highest BCUT2D eigenvalue weighted by atomic mass is 32.2. The zero-order chi connectivity index (χ0) is 17.1. The molecule has 24 heavy (non-hydrogen) atoms. The Labute approximate surface area is 141 Å². The van der Waals surface area contributed by atoms with E-state index in [0.29, 0.717) is 27.3 Å². The first-order valence-electron chi connectivity index (χ1n) is 7.21. The molecule has 122 valence electrons. The number of carbonyl (C=O) groups is 1. The summed E-state index contributed by atoms with van der Waals surface area (Å²) in [5.74, 6) is -0.628. The third kappa shape index (κ3) is 3.62. The third-order valence-corrected chi connectivity index (χ3v) is 4.26. The van der Waals surface area contributed by atoms with Crippen molar-refractivity contribution in [2.24, 2.45) is 0 Å². The van der Waals surface area contributed by atoms with Crippen molar-refractivity contribution in [3.8, 4) is 0 Å². The van der Waals surface area contributed by atoms with Crippen LogP contribution in [0, 0.1) is 12.7 Å². The van der Waals surface area contributed by atoms with E-state index in [4.69, 9.17) is 0 Å². The summed E-state index contributed by atoms with van der Waals surface area (Å²) in [5, 5.41) is 3.48. The van der Waals surface area contributed by atoms with Gasteiger partial charge < -0.3 is 10.3 Å². The first kappa shape index (κ1) is 16.2. The van der Waals surface area contributed by atoms with Crippen LogP contribution in [0.4, 0.5) is 10.1 Å². The summed E-state index contributed by atoms with van der Waals surface area (Å²) < 4.78 is 13.5. The molecule has 3 rings (SSSR count). The van der Waals surface area contributed by atoms with Gasteiger partial charge in [-0.2, -0.15) is 0 Å². The van der Waals surface area contributed by atoms with Crippen LogP contribution in [0.3, 0.4) is 0 Å². The quantitative estimate of drug-likeness (QED) is 0.564. The first-order chi connectivity index (χ1) is 11.5. The SMILES string of the molecule is Cc1ccc(NC(=O)CSc2nc3ccccc3c(=O)[nH]2)cc1F. The van der Waals surface area contributed by atoms with Crippen LogP contribution in [0.2, 0.25) is 0 Å². The van der Waals surface area contributed by atoms with Crippen molar-refractivity contribution in [1.29, 1.82) is 0 Å². The molecule has 1 aromatic heterocycles. The number of benzene rings is 2. The van der Waals surface area contributed by atoms with E-state index in [1.165, 1.54) is 6.07 Å². The third-order valence-electron chi connectivity index (χ3n) is 3.39. The lowest BCUT2D eigenvalue weighted by Gasteiger charge is -2.06. The molecule has 0 saturated carbocycles. The maximum Gasteiger partial charge on any atom is 0.259 e. The summed E-state index contributed by atoms with van der Waals surface area (Å²) >= 11 is 1.11. The number of H-pyrrole nitrogens is 1. The molecule has 5 nitrogen and oxygen atoms in total. The maximum absolute atomic E-state index is 13.5. The fourth-order valence-electron chi connectivity index (χ4n) is 2.13. The van der Waals surface area contributed by atoms with Crippen LogP contribution in [-0.2, 0) is 4.79 Å². The van der Waals surface area contributed by atoms with Crippen LogP contribution in [0.1, 0.15) is 5.56 Å². The number of aromatic amines is 1.